The number of phenols is 1. The van der Waals surface area contributed by atoms with E-state index in [9.17, 15) is 20.1 Å². The average Bonchev–Trinajstić information content (AvgIpc) is 2.13. The van der Waals surface area contributed by atoms with Crippen LogP contribution in [0.5, 0.6) is 5.75 Å². The van der Waals surface area contributed by atoms with Crippen LogP contribution in [-0.4, -0.2) is 26.7 Å². The minimum Gasteiger partial charge on any atom is -0.507 e. The van der Waals surface area contributed by atoms with Crippen molar-refractivity contribution in [3.8, 4) is 5.75 Å². The van der Waals surface area contributed by atoms with Crippen molar-refractivity contribution in [1.29, 1.82) is 0 Å². The molecular weight excluding hydrogens is 196 g/mol. The fraction of sp³-hybridized carbons (Fsp3) is 0.364. The highest BCUT2D eigenvalue weighted by Gasteiger charge is 2.41. The Morgan fingerprint density at radius 2 is 2.13 bits per heavy atom. The van der Waals surface area contributed by atoms with E-state index in [1.54, 1.807) is 0 Å². The first-order valence-corrected chi connectivity index (χ1v) is 4.69. The molecule has 1 aliphatic rings. The van der Waals surface area contributed by atoms with Gasteiger partial charge >= 0.3 is 0 Å². The molecule has 0 heterocycles. The van der Waals surface area contributed by atoms with Crippen LogP contribution in [0, 0.1) is 0 Å². The maximum atomic E-state index is 11.6. The van der Waals surface area contributed by atoms with Gasteiger partial charge in [0.05, 0.1) is 11.2 Å². The van der Waals surface area contributed by atoms with Gasteiger partial charge in [0.15, 0.2) is 5.78 Å². The summed E-state index contributed by atoms with van der Waals surface area (Å²) in [7, 11) is 0. The van der Waals surface area contributed by atoms with Gasteiger partial charge < -0.3 is 15.3 Å². The van der Waals surface area contributed by atoms with E-state index in [2.05, 4.69) is 0 Å². The Morgan fingerprint density at radius 1 is 1.47 bits per heavy atom. The Kier molecular flexibility index (Phi) is 2.06. The zero-order valence-corrected chi connectivity index (χ0v) is 8.27. The number of phenolic OH excluding ortho intramolecular Hbond substituents is 1. The molecule has 15 heavy (non-hydrogen) atoms. The summed E-state index contributed by atoms with van der Waals surface area (Å²) in [5.41, 5.74) is -1.05. The van der Waals surface area contributed by atoms with Crippen molar-refractivity contribution < 1.29 is 20.1 Å². The Bertz CT molecular complexity index is 423. The SMILES string of the molecule is CC1(O)CC(=O)c2c(O)cccc2C1O. The van der Waals surface area contributed by atoms with Crippen LogP contribution in [0.1, 0.15) is 35.4 Å². The highest BCUT2D eigenvalue weighted by atomic mass is 16.3. The fourth-order valence-corrected chi connectivity index (χ4v) is 1.93. The molecule has 1 aromatic rings. The quantitative estimate of drug-likeness (QED) is 0.588. The molecule has 3 N–H and O–H groups in total. The molecule has 0 saturated heterocycles. The van der Waals surface area contributed by atoms with Crippen LogP contribution in [0.15, 0.2) is 18.2 Å². The van der Waals surface area contributed by atoms with Crippen LogP contribution < -0.4 is 0 Å². The van der Waals surface area contributed by atoms with E-state index < -0.39 is 11.7 Å². The van der Waals surface area contributed by atoms with Gasteiger partial charge in [-0.25, -0.2) is 0 Å². The van der Waals surface area contributed by atoms with Gasteiger partial charge in [0.1, 0.15) is 11.9 Å². The molecule has 2 rings (SSSR count). The molecule has 0 spiro atoms. The number of aliphatic hydroxyl groups is 2. The van der Waals surface area contributed by atoms with Crippen molar-refractivity contribution in [3.05, 3.63) is 29.3 Å². The second-order valence-corrected chi connectivity index (χ2v) is 4.10. The van der Waals surface area contributed by atoms with Crippen LogP contribution in [0.2, 0.25) is 0 Å². The molecule has 0 bridgehead atoms. The first-order chi connectivity index (χ1) is 6.93. The average molecular weight is 208 g/mol. The first-order valence-electron chi connectivity index (χ1n) is 4.69. The van der Waals surface area contributed by atoms with Crippen LogP contribution in [0.4, 0.5) is 0 Å². The number of hydrogen-bond donors (Lipinski definition) is 3. The molecule has 0 aliphatic heterocycles. The summed E-state index contributed by atoms with van der Waals surface area (Å²) in [5, 5.41) is 29.1. The van der Waals surface area contributed by atoms with Crippen molar-refractivity contribution in [3.63, 3.8) is 0 Å². The smallest absolute Gasteiger partial charge is 0.169 e. The molecule has 0 aromatic heterocycles. The van der Waals surface area contributed by atoms with E-state index in [-0.39, 0.29) is 29.1 Å². The summed E-state index contributed by atoms with van der Waals surface area (Å²) < 4.78 is 0. The number of carbonyl (C=O) groups is 1. The third kappa shape index (κ3) is 1.42. The summed E-state index contributed by atoms with van der Waals surface area (Å²) in [6.07, 6.45) is -1.32. The van der Waals surface area contributed by atoms with Crippen molar-refractivity contribution in [2.75, 3.05) is 0 Å². The van der Waals surface area contributed by atoms with E-state index in [0.29, 0.717) is 0 Å². The Balaban J connectivity index is 2.64. The van der Waals surface area contributed by atoms with E-state index >= 15 is 0 Å². The number of ketones is 1. The largest absolute Gasteiger partial charge is 0.507 e. The lowest BCUT2D eigenvalue weighted by Crippen LogP contribution is -2.40. The fourth-order valence-electron chi connectivity index (χ4n) is 1.93. The van der Waals surface area contributed by atoms with Gasteiger partial charge in [-0.15, -0.1) is 0 Å². The van der Waals surface area contributed by atoms with Crippen LogP contribution >= 0.6 is 0 Å². The number of rotatable bonds is 0. The van der Waals surface area contributed by atoms with Crippen molar-refractivity contribution >= 4 is 5.78 Å². The molecular formula is C11H12O4. The van der Waals surface area contributed by atoms with Gasteiger partial charge in [0.25, 0.3) is 0 Å². The molecule has 0 radical (unpaired) electrons. The summed E-state index contributed by atoms with van der Waals surface area (Å²) in [4.78, 5) is 11.6. The monoisotopic (exact) mass is 208 g/mol. The number of hydrogen-bond acceptors (Lipinski definition) is 4. The predicted octanol–water partition coefficient (Wildman–Crippen LogP) is 0.763. The number of fused-ring (bicyclic) bond motifs is 1. The lowest BCUT2D eigenvalue weighted by atomic mass is 9.78. The van der Waals surface area contributed by atoms with E-state index in [1.165, 1.54) is 25.1 Å². The number of Topliss-reactive ketones (excluding diaryl/α,β-unsaturated/α-hetero) is 1. The summed E-state index contributed by atoms with van der Waals surface area (Å²) in [6, 6.07) is 4.46. The number of aliphatic hydroxyl groups excluding tert-OH is 1. The minimum absolute atomic E-state index is 0.122. The molecule has 2 atom stereocenters. The highest BCUT2D eigenvalue weighted by molar-refractivity contribution is 6.02. The van der Waals surface area contributed by atoms with Crippen LogP contribution in [-0.2, 0) is 0 Å². The van der Waals surface area contributed by atoms with Gasteiger partial charge in [0, 0.05) is 6.42 Å². The zero-order valence-electron chi connectivity index (χ0n) is 8.27. The Morgan fingerprint density at radius 3 is 2.80 bits per heavy atom. The molecule has 2 unspecified atom stereocenters. The van der Waals surface area contributed by atoms with Crippen molar-refractivity contribution in [2.24, 2.45) is 0 Å². The van der Waals surface area contributed by atoms with Gasteiger partial charge in [-0.2, -0.15) is 0 Å². The third-order valence-electron chi connectivity index (χ3n) is 2.76. The van der Waals surface area contributed by atoms with Crippen LogP contribution in [0.25, 0.3) is 0 Å². The highest BCUT2D eigenvalue weighted by Crippen LogP contribution is 2.40. The molecule has 0 fully saturated rings. The zero-order chi connectivity index (χ0) is 11.2. The van der Waals surface area contributed by atoms with Gasteiger partial charge in [-0.3, -0.25) is 4.79 Å². The molecule has 4 heteroatoms. The lowest BCUT2D eigenvalue weighted by Gasteiger charge is -2.34. The normalized spacial score (nSPS) is 30.1. The molecule has 1 aliphatic carbocycles. The third-order valence-corrected chi connectivity index (χ3v) is 2.76. The molecule has 80 valence electrons. The van der Waals surface area contributed by atoms with Gasteiger partial charge in [-0.1, -0.05) is 12.1 Å². The molecule has 1 aromatic carbocycles. The topological polar surface area (TPSA) is 77.8 Å². The van der Waals surface area contributed by atoms with E-state index in [1.807, 2.05) is 0 Å². The maximum absolute atomic E-state index is 11.6. The number of benzene rings is 1. The number of carbonyl (C=O) groups excluding carboxylic acids is 1. The standard InChI is InChI=1S/C11H12O4/c1-11(15)5-8(13)9-6(10(11)14)3-2-4-7(9)12/h2-4,10,12,14-15H,5H2,1H3. The van der Waals surface area contributed by atoms with Gasteiger partial charge in [0.2, 0.25) is 0 Å². The first kappa shape index (κ1) is 10.1. The predicted molar refractivity (Wildman–Crippen MR) is 52.6 cm³/mol. The van der Waals surface area contributed by atoms with Crippen LogP contribution in [0.3, 0.4) is 0 Å². The molecule has 0 amide bonds. The summed E-state index contributed by atoms with van der Waals surface area (Å²) in [6.45, 7) is 1.41. The summed E-state index contributed by atoms with van der Waals surface area (Å²) >= 11 is 0. The van der Waals surface area contributed by atoms with Crippen molar-refractivity contribution in [1.82, 2.24) is 0 Å². The molecule has 0 saturated carbocycles. The Hall–Kier alpha value is -1.39. The minimum atomic E-state index is -1.46. The lowest BCUT2D eigenvalue weighted by molar-refractivity contribution is -0.0676. The summed E-state index contributed by atoms with van der Waals surface area (Å²) in [5.74, 6) is -0.495. The maximum Gasteiger partial charge on any atom is 0.169 e. The Labute approximate surface area is 86.8 Å². The molecule has 4 nitrogen and oxygen atoms in total. The number of aromatic hydroxyl groups is 1. The second-order valence-electron chi connectivity index (χ2n) is 4.10. The second kappa shape index (κ2) is 3.05. The van der Waals surface area contributed by atoms with Gasteiger partial charge in [-0.05, 0) is 18.6 Å². The van der Waals surface area contributed by atoms with E-state index in [4.69, 9.17) is 0 Å². The van der Waals surface area contributed by atoms with Crippen molar-refractivity contribution in [2.45, 2.75) is 25.0 Å². The van der Waals surface area contributed by atoms with E-state index in [0.717, 1.165) is 0 Å².